The van der Waals surface area contributed by atoms with Crippen LogP contribution in [0.5, 0.6) is 0 Å². The van der Waals surface area contributed by atoms with Crippen molar-refractivity contribution in [2.75, 3.05) is 0 Å². The van der Waals surface area contributed by atoms with Crippen molar-refractivity contribution in [2.24, 2.45) is 7.05 Å². The molecule has 0 aliphatic heterocycles. The molecule has 0 aliphatic carbocycles. The zero-order valence-corrected chi connectivity index (χ0v) is 10.6. The molecule has 0 spiro atoms. The van der Waals surface area contributed by atoms with Crippen molar-refractivity contribution < 1.29 is 0 Å². The third-order valence-electron chi connectivity index (χ3n) is 2.49. The molecule has 0 atom stereocenters. The molecule has 2 rings (SSSR count). The molecule has 0 unspecified atom stereocenters. The minimum absolute atomic E-state index is 0.485. The molecule has 0 bridgehead atoms. The van der Waals surface area contributed by atoms with Crippen molar-refractivity contribution in [3.63, 3.8) is 0 Å². The van der Waals surface area contributed by atoms with E-state index >= 15 is 0 Å². The monoisotopic (exact) mass is 233 g/mol. The molecule has 2 aromatic rings. The average Bonchev–Trinajstić information content (AvgIpc) is 2.86. The van der Waals surface area contributed by atoms with Crippen LogP contribution in [0, 0.1) is 0 Å². The van der Waals surface area contributed by atoms with Crippen LogP contribution in [0.2, 0.25) is 0 Å². The summed E-state index contributed by atoms with van der Waals surface area (Å²) in [5, 5.41) is 12.0. The fourth-order valence-electron chi connectivity index (χ4n) is 1.64. The average molecular weight is 233 g/mol. The molecule has 5 heteroatoms. The van der Waals surface area contributed by atoms with E-state index in [-0.39, 0.29) is 0 Å². The number of rotatable bonds is 5. The van der Waals surface area contributed by atoms with Gasteiger partial charge in [0.1, 0.15) is 0 Å². The predicted molar refractivity (Wildman–Crippen MR) is 66.5 cm³/mol. The Kier molecular flexibility index (Phi) is 3.58. The molecule has 0 saturated carbocycles. The second-order valence-electron chi connectivity index (χ2n) is 4.56. The summed E-state index contributed by atoms with van der Waals surface area (Å²) in [6.45, 7) is 5.85. The van der Waals surface area contributed by atoms with Crippen molar-refractivity contribution in [1.82, 2.24) is 24.9 Å². The number of nitrogens with one attached hydrogen (secondary N) is 1. The van der Waals surface area contributed by atoms with Gasteiger partial charge in [-0.3, -0.25) is 9.36 Å². The Labute approximate surface area is 101 Å². The van der Waals surface area contributed by atoms with Crippen molar-refractivity contribution in [3.05, 3.63) is 35.9 Å². The second-order valence-corrected chi connectivity index (χ2v) is 4.56. The molecule has 0 amide bonds. The number of hydrogen-bond donors (Lipinski definition) is 1. The minimum Gasteiger partial charge on any atom is -0.309 e. The predicted octanol–water partition coefficient (Wildman–Crippen LogP) is 1.16. The molecule has 2 heterocycles. The van der Waals surface area contributed by atoms with E-state index in [9.17, 15) is 0 Å². The van der Waals surface area contributed by atoms with E-state index < -0.39 is 0 Å². The Morgan fingerprint density at radius 3 is 2.88 bits per heavy atom. The van der Waals surface area contributed by atoms with E-state index in [1.165, 1.54) is 5.56 Å². The molecule has 92 valence electrons. The van der Waals surface area contributed by atoms with Crippen LogP contribution < -0.4 is 5.32 Å². The summed E-state index contributed by atoms with van der Waals surface area (Å²) < 4.78 is 3.74. The maximum atomic E-state index is 4.50. The maximum Gasteiger partial charge on any atom is 0.0762 e. The van der Waals surface area contributed by atoms with Crippen molar-refractivity contribution in [3.8, 4) is 0 Å². The Hall–Kier alpha value is -1.62. The standard InChI is InChI=1S/C12H19N5/c1-10(2)13-7-12-4-5-17(15-12)9-11-6-14-16(3)8-11/h4-6,8,10,13H,7,9H2,1-3H3. The van der Waals surface area contributed by atoms with Gasteiger partial charge in [0.25, 0.3) is 0 Å². The van der Waals surface area contributed by atoms with Crippen LogP contribution in [-0.4, -0.2) is 25.6 Å². The number of aryl methyl sites for hydroxylation is 1. The minimum atomic E-state index is 0.485. The molecular weight excluding hydrogens is 214 g/mol. The van der Waals surface area contributed by atoms with Gasteiger partial charge >= 0.3 is 0 Å². The van der Waals surface area contributed by atoms with E-state index in [1.807, 2.05) is 36.4 Å². The summed E-state index contributed by atoms with van der Waals surface area (Å²) in [6.07, 6.45) is 5.88. The van der Waals surface area contributed by atoms with Gasteiger partial charge in [-0.05, 0) is 6.07 Å². The Balaban J connectivity index is 1.94. The van der Waals surface area contributed by atoms with Crippen molar-refractivity contribution >= 4 is 0 Å². The van der Waals surface area contributed by atoms with Crippen LogP contribution in [0.1, 0.15) is 25.1 Å². The zero-order chi connectivity index (χ0) is 12.3. The van der Waals surface area contributed by atoms with E-state index in [0.717, 1.165) is 18.8 Å². The smallest absolute Gasteiger partial charge is 0.0762 e. The van der Waals surface area contributed by atoms with E-state index in [1.54, 1.807) is 4.68 Å². The summed E-state index contributed by atoms with van der Waals surface area (Å²) in [4.78, 5) is 0. The highest BCUT2D eigenvalue weighted by molar-refractivity contribution is 5.06. The van der Waals surface area contributed by atoms with Crippen molar-refractivity contribution in [1.29, 1.82) is 0 Å². The van der Waals surface area contributed by atoms with Gasteiger partial charge < -0.3 is 5.32 Å². The molecule has 2 aromatic heterocycles. The topological polar surface area (TPSA) is 47.7 Å². The van der Waals surface area contributed by atoms with Gasteiger partial charge in [0.2, 0.25) is 0 Å². The van der Waals surface area contributed by atoms with Crippen LogP contribution in [0.3, 0.4) is 0 Å². The van der Waals surface area contributed by atoms with Gasteiger partial charge in [-0.15, -0.1) is 0 Å². The number of nitrogens with zero attached hydrogens (tertiary/aromatic N) is 4. The lowest BCUT2D eigenvalue weighted by atomic mass is 10.3. The molecule has 0 aromatic carbocycles. The highest BCUT2D eigenvalue weighted by Gasteiger charge is 2.02. The Morgan fingerprint density at radius 1 is 1.41 bits per heavy atom. The molecule has 0 fully saturated rings. The van der Waals surface area contributed by atoms with Gasteiger partial charge in [-0.25, -0.2) is 0 Å². The first kappa shape index (κ1) is 11.9. The molecule has 5 nitrogen and oxygen atoms in total. The first-order valence-electron chi connectivity index (χ1n) is 5.87. The third-order valence-corrected chi connectivity index (χ3v) is 2.49. The third kappa shape index (κ3) is 3.42. The molecule has 0 aliphatic rings. The molecule has 0 radical (unpaired) electrons. The van der Waals surface area contributed by atoms with Gasteiger partial charge in [-0.2, -0.15) is 10.2 Å². The lowest BCUT2D eigenvalue weighted by Gasteiger charge is -2.05. The van der Waals surface area contributed by atoms with Crippen LogP contribution >= 0.6 is 0 Å². The summed E-state index contributed by atoms with van der Waals surface area (Å²) in [5.74, 6) is 0. The SMILES string of the molecule is CC(C)NCc1ccn(Cc2cnn(C)c2)n1. The summed E-state index contributed by atoms with van der Waals surface area (Å²) in [5.41, 5.74) is 2.24. The number of aromatic nitrogens is 4. The molecule has 17 heavy (non-hydrogen) atoms. The zero-order valence-electron chi connectivity index (χ0n) is 10.6. The van der Waals surface area contributed by atoms with E-state index in [0.29, 0.717) is 6.04 Å². The highest BCUT2D eigenvalue weighted by atomic mass is 15.3. The van der Waals surface area contributed by atoms with Gasteiger partial charge in [-0.1, -0.05) is 13.8 Å². The van der Waals surface area contributed by atoms with Crippen molar-refractivity contribution in [2.45, 2.75) is 33.0 Å². The summed E-state index contributed by atoms with van der Waals surface area (Å²) in [7, 11) is 1.92. The summed E-state index contributed by atoms with van der Waals surface area (Å²) in [6, 6.07) is 2.53. The first-order valence-corrected chi connectivity index (χ1v) is 5.87. The first-order chi connectivity index (χ1) is 8.13. The molecule has 1 N–H and O–H groups in total. The van der Waals surface area contributed by atoms with Gasteiger partial charge in [0, 0.05) is 37.6 Å². The van der Waals surface area contributed by atoms with E-state index in [4.69, 9.17) is 0 Å². The fraction of sp³-hybridized carbons (Fsp3) is 0.500. The fourth-order valence-corrected chi connectivity index (χ4v) is 1.64. The quantitative estimate of drug-likeness (QED) is 0.843. The largest absolute Gasteiger partial charge is 0.309 e. The number of hydrogen-bond acceptors (Lipinski definition) is 3. The van der Waals surface area contributed by atoms with E-state index in [2.05, 4.69) is 29.4 Å². The van der Waals surface area contributed by atoms with Crippen LogP contribution in [0.4, 0.5) is 0 Å². The Bertz CT molecular complexity index is 469. The molecular formula is C12H19N5. The lowest BCUT2D eigenvalue weighted by Crippen LogP contribution is -2.22. The van der Waals surface area contributed by atoms with Gasteiger partial charge in [0.15, 0.2) is 0 Å². The molecule has 0 saturated heterocycles. The Morgan fingerprint density at radius 2 is 2.24 bits per heavy atom. The van der Waals surface area contributed by atoms with Crippen LogP contribution in [0.15, 0.2) is 24.7 Å². The summed E-state index contributed by atoms with van der Waals surface area (Å²) >= 11 is 0. The maximum absolute atomic E-state index is 4.50. The lowest BCUT2D eigenvalue weighted by molar-refractivity contribution is 0.570. The highest BCUT2D eigenvalue weighted by Crippen LogP contribution is 2.02. The normalized spacial score (nSPS) is 11.3. The van der Waals surface area contributed by atoms with Crippen LogP contribution in [0.25, 0.3) is 0 Å². The van der Waals surface area contributed by atoms with Crippen LogP contribution in [-0.2, 0) is 20.1 Å². The second kappa shape index (κ2) is 5.14. The van der Waals surface area contributed by atoms with Gasteiger partial charge in [0.05, 0.1) is 18.4 Å².